The van der Waals surface area contributed by atoms with Crippen LogP contribution in [0.15, 0.2) is 60.6 Å². The molecule has 1 atom stereocenters. The van der Waals surface area contributed by atoms with Gasteiger partial charge in [-0.1, -0.05) is 18.2 Å². The van der Waals surface area contributed by atoms with E-state index in [9.17, 15) is 22.4 Å². The molecular weight excluding hydrogens is 554 g/mol. The van der Waals surface area contributed by atoms with Gasteiger partial charge in [-0.25, -0.2) is 4.39 Å². The van der Waals surface area contributed by atoms with Gasteiger partial charge in [0.2, 0.25) is 0 Å². The first-order valence-electron chi connectivity index (χ1n) is 14.0. The fourth-order valence-corrected chi connectivity index (χ4v) is 5.50. The van der Waals surface area contributed by atoms with Gasteiger partial charge < -0.3 is 19.5 Å². The van der Waals surface area contributed by atoms with Gasteiger partial charge >= 0.3 is 6.18 Å². The van der Waals surface area contributed by atoms with Gasteiger partial charge in [0.1, 0.15) is 5.82 Å². The number of aromatic amines is 1. The molecule has 0 aliphatic carbocycles. The van der Waals surface area contributed by atoms with Crippen LogP contribution in [0.3, 0.4) is 0 Å². The second-order valence-corrected chi connectivity index (χ2v) is 10.7. The number of carbonyl (C=O) groups excluding carboxylic acids is 1. The van der Waals surface area contributed by atoms with E-state index in [-0.39, 0.29) is 18.2 Å². The maximum atomic E-state index is 14.2. The number of benzene rings is 2. The lowest BCUT2D eigenvalue weighted by atomic mass is 10.00. The number of carbonyl (C=O) groups is 1. The molecule has 2 aliphatic heterocycles. The Hall–Kier alpha value is -3.61. The molecule has 8 nitrogen and oxygen atoms in total. The number of fused-ring (bicyclic) bond motifs is 1. The SMILES string of the molecule is CC(=CN1CCN(C(=O)c2cc(F)cc(C(F)(F)F)c2)[C@H](Cc2c[nH]c3ccccc23)C1)NOCCN1CCOCC1. The maximum Gasteiger partial charge on any atom is 0.416 e. The zero-order valence-electron chi connectivity index (χ0n) is 23.4. The summed E-state index contributed by atoms with van der Waals surface area (Å²) in [5.74, 6) is -1.73. The van der Waals surface area contributed by atoms with Crippen molar-refractivity contribution in [3.8, 4) is 0 Å². The molecule has 0 unspecified atom stereocenters. The smallest absolute Gasteiger partial charge is 0.379 e. The van der Waals surface area contributed by atoms with Gasteiger partial charge in [-0.15, -0.1) is 0 Å². The first kappa shape index (κ1) is 29.9. The van der Waals surface area contributed by atoms with Crippen LogP contribution >= 0.6 is 0 Å². The van der Waals surface area contributed by atoms with E-state index in [4.69, 9.17) is 9.57 Å². The fraction of sp³-hybridized carbons (Fsp3) is 0.433. The highest BCUT2D eigenvalue weighted by Crippen LogP contribution is 2.31. The molecule has 42 heavy (non-hydrogen) atoms. The molecule has 0 radical (unpaired) electrons. The number of hydrogen-bond donors (Lipinski definition) is 2. The topological polar surface area (TPSA) is 73.1 Å². The number of rotatable bonds is 9. The van der Waals surface area contributed by atoms with Crippen molar-refractivity contribution in [3.63, 3.8) is 0 Å². The number of ether oxygens (including phenoxy) is 1. The van der Waals surface area contributed by atoms with Crippen LogP contribution in [0.25, 0.3) is 10.9 Å². The van der Waals surface area contributed by atoms with Crippen molar-refractivity contribution in [2.75, 3.05) is 59.1 Å². The number of allylic oxidation sites excluding steroid dienone is 1. The summed E-state index contributed by atoms with van der Waals surface area (Å²) < 4.78 is 59.7. The summed E-state index contributed by atoms with van der Waals surface area (Å²) in [6.07, 6.45) is -0.493. The van der Waals surface area contributed by atoms with Crippen molar-refractivity contribution < 1.29 is 31.9 Å². The average Bonchev–Trinajstić information content (AvgIpc) is 3.37. The summed E-state index contributed by atoms with van der Waals surface area (Å²) in [6.45, 7) is 7.52. The predicted molar refractivity (Wildman–Crippen MR) is 150 cm³/mol. The Morgan fingerprint density at radius 3 is 2.71 bits per heavy atom. The molecule has 5 rings (SSSR count). The fourth-order valence-electron chi connectivity index (χ4n) is 5.50. The van der Waals surface area contributed by atoms with E-state index in [2.05, 4.69) is 20.3 Å². The minimum atomic E-state index is -4.77. The normalized spacial score (nSPS) is 19.0. The van der Waals surface area contributed by atoms with Gasteiger partial charge in [-0.2, -0.15) is 13.2 Å². The molecule has 0 bridgehead atoms. The number of piperazine rings is 1. The number of hydrogen-bond acceptors (Lipinski definition) is 6. The third-order valence-electron chi connectivity index (χ3n) is 7.60. The molecule has 1 aromatic heterocycles. The first-order chi connectivity index (χ1) is 20.2. The minimum absolute atomic E-state index is 0.255. The molecule has 2 fully saturated rings. The van der Waals surface area contributed by atoms with Crippen molar-refractivity contribution in [2.45, 2.75) is 25.6 Å². The van der Waals surface area contributed by atoms with Gasteiger partial charge in [0.05, 0.1) is 37.1 Å². The maximum absolute atomic E-state index is 14.2. The predicted octanol–water partition coefficient (Wildman–Crippen LogP) is 4.41. The first-order valence-corrected chi connectivity index (χ1v) is 14.0. The van der Waals surface area contributed by atoms with E-state index in [0.29, 0.717) is 32.2 Å². The number of H-pyrrole nitrogens is 1. The number of morpholine rings is 1. The number of nitrogens with one attached hydrogen (secondary N) is 2. The molecule has 0 saturated carbocycles. The Morgan fingerprint density at radius 1 is 1.14 bits per heavy atom. The average molecular weight is 590 g/mol. The molecule has 2 saturated heterocycles. The van der Waals surface area contributed by atoms with Crippen LogP contribution in [0.5, 0.6) is 0 Å². The van der Waals surface area contributed by atoms with Crippen LogP contribution in [0.2, 0.25) is 0 Å². The summed E-state index contributed by atoms with van der Waals surface area (Å²) in [6, 6.07) is 9.41. The Kier molecular flexibility index (Phi) is 9.34. The van der Waals surface area contributed by atoms with Crippen LogP contribution in [0, 0.1) is 5.82 Å². The van der Waals surface area contributed by atoms with E-state index in [1.807, 2.05) is 43.6 Å². The van der Waals surface area contributed by atoms with Crippen molar-refractivity contribution >= 4 is 16.8 Å². The Balaban J connectivity index is 1.30. The zero-order valence-corrected chi connectivity index (χ0v) is 23.4. The Bertz CT molecular complexity index is 1400. The molecule has 3 aromatic rings. The molecule has 2 aliphatic rings. The number of aromatic nitrogens is 1. The van der Waals surface area contributed by atoms with E-state index >= 15 is 0 Å². The van der Waals surface area contributed by atoms with E-state index in [1.165, 1.54) is 0 Å². The highest BCUT2D eigenvalue weighted by molar-refractivity contribution is 5.95. The monoisotopic (exact) mass is 589 g/mol. The highest BCUT2D eigenvalue weighted by Gasteiger charge is 2.35. The van der Waals surface area contributed by atoms with Crippen LogP contribution in [0.1, 0.15) is 28.4 Å². The standard InChI is InChI=1S/C30H35F4N5O3/c1-21(36-42-13-10-37-8-11-41-12-9-37)19-38-6-7-39(29(40)22-14-24(30(32,33)34)17-25(31)15-22)26(20-38)16-23-18-35-28-5-3-2-4-27(23)28/h2-5,14-15,17-19,26,35-36H,6-13,16,20H2,1H3/t26-/m1/s1. The van der Waals surface area contributed by atoms with Crippen molar-refractivity contribution in [1.29, 1.82) is 0 Å². The van der Waals surface area contributed by atoms with Gasteiger partial charge in [-0.05, 0) is 43.2 Å². The van der Waals surface area contributed by atoms with Crippen molar-refractivity contribution in [3.05, 3.63) is 83.1 Å². The molecule has 226 valence electrons. The summed E-state index contributed by atoms with van der Waals surface area (Å²) >= 11 is 0. The number of amides is 1. The number of hydroxylamine groups is 1. The lowest BCUT2D eigenvalue weighted by molar-refractivity contribution is -0.137. The lowest BCUT2D eigenvalue weighted by Gasteiger charge is -2.41. The minimum Gasteiger partial charge on any atom is -0.379 e. The second-order valence-electron chi connectivity index (χ2n) is 10.7. The molecule has 1 amide bonds. The Morgan fingerprint density at radius 2 is 1.93 bits per heavy atom. The molecule has 2 aromatic carbocycles. The number of alkyl halides is 3. The largest absolute Gasteiger partial charge is 0.416 e. The van der Waals surface area contributed by atoms with Gasteiger partial charge in [0.15, 0.2) is 0 Å². The van der Waals surface area contributed by atoms with Crippen LogP contribution in [-0.2, 0) is 22.2 Å². The number of nitrogens with zero attached hydrogens (tertiary/aromatic N) is 3. The third kappa shape index (κ3) is 7.42. The number of halogens is 4. The summed E-state index contributed by atoms with van der Waals surface area (Å²) in [4.78, 5) is 28.3. The van der Waals surface area contributed by atoms with Crippen LogP contribution < -0.4 is 5.48 Å². The molecule has 0 spiro atoms. The molecule has 12 heteroatoms. The van der Waals surface area contributed by atoms with Gasteiger partial charge in [0.25, 0.3) is 5.91 Å². The lowest BCUT2D eigenvalue weighted by Crippen LogP contribution is -2.54. The second kappa shape index (κ2) is 13.1. The van der Waals surface area contributed by atoms with Crippen molar-refractivity contribution in [1.82, 2.24) is 25.2 Å². The van der Waals surface area contributed by atoms with Gasteiger partial charge in [-0.3, -0.25) is 20.0 Å². The molecular formula is C30H35F4N5O3. The number of para-hydroxylation sites is 1. The molecule has 3 heterocycles. The van der Waals surface area contributed by atoms with Crippen molar-refractivity contribution in [2.24, 2.45) is 0 Å². The zero-order chi connectivity index (χ0) is 29.7. The Labute approximate surface area is 241 Å². The summed E-state index contributed by atoms with van der Waals surface area (Å²) in [5, 5.41) is 1.01. The highest BCUT2D eigenvalue weighted by atomic mass is 19.4. The summed E-state index contributed by atoms with van der Waals surface area (Å²) in [7, 11) is 0. The third-order valence-corrected chi connectivity index (χ3v) is 7.60. The van der Waals surface area contributed by atoms with E-state index < -0.39 is 23.5 Å². The van der Waals surface area contributed by atoms with Crippen LogP contribution in [-0.4, -0.2) is 90.7 Å². The van der Waals surface area contributed by atoms with E-state index in [0.717, 1.165) is 67.1 Å². The summed E-state index contributed by atoms with van der Waals surface area (Å²) in [5.41, 5.74) is 4.18. The molecule has 2 N–H and O–H groups in total. The van der Waals surface area contributed by atoms with Gasteiger partial charge in [0, 0.05) is 68.1 Å². The van der Waals surface area contributed by atoms with Crippen LogP contribution in [0.4, 0.5) is 17.6 Å². The quantitative estimate of drug-likeness (QED) is 0.219. The van der Waals surface area contributed by atoms with E-state index in [1.54, 1.807) is 4.90 Å².